The van der Waals surface area contributed by atoms with E-state index >= 15 is 0 Å². The average Bonchev–Trinajstić information content (AvgIpc) is 2.15. The molecule has 1 rings (SSSR count). The molecule has 4 heteroatoms. The summed E-state index contributed by atoms with van der Waals surface area (Å²) >= 11 is 10.4. The molecule has 1 heterocycles. The first-order chi connectivity index (χ1) is 4.29. The van der Waals surface area contributed by atoms with Gasteiger partial charge in [0.25, 0.3) is 0 Å². The smallest absolute Gasteiger partial charge is 0.116 e. The van der Waals surface area contributed by atoms with Crippen LogP contribution in [0, 0.1) is 0 Å². The second kappa shape index (κ2) is 3.81. The van der Waals surface area contributed by atoms with Crippen molar-refractivity contribution in [1.82, 2.24) is 4.31 Å². The van der Waals surface area contributed by atoms with Crippen molar-refractivity contribution in [1.29, 1.82) is 0 Å². The van der Waals surface area contributed by atoms with Gasteiger partial charge < -0.3 is 0 Å². The molecule has 1 fully saturated rings. The number of thiol groups is 1. The molecule has 0 spiro atoms. The van der Waals surface area contributed by atoms with Crippen LogP contribution >= 0.6 is 36.8 Å². The van der Waals surface area contributed by atoms with Crippen molar-refractivity contribution >= 4 is 40.3 Å². The number of hydrogen-bond donors (Lipinski definition) is 1. The average molecular weight is 179 g/mol. The lowest BCUT2D eigenvalue weighted by Gasteiger charge is -2.09. The van der Waals surface area contributed by atoms with Gasteiger partial charge in [0.2, 0.25) is 0 Å². The van der Waals surface area contributed by atoms with Gasteiger partial charge in [0.1, 0.15) is 3.53 Å². The van der Waals surface area contributed by atoms with Gasteiger partial charge in [-0.3, -0.25) is 0 Å². The van der Waals surface area contributed by atoms with E-state index in [0.29, 0.717) is 0 Å². The van der Waals surface area contributed by atoms with Crippen LogP contribution in [0.3, 0.4) is 0 Å². The normalized spacial score (nSPS) is 20.6. The van der Waals surface area contributed by atoms with E-state index in [2.05, 4.69) is 16.9 Å². The Morgan fingerprint density at radius 1 is 1.44 bits per heavy atom. The highest BCUT2D eigenvalue weighted by atomic mass is 32.2. The maximum Gasteiger partial charge on any atom is 0.116 e. The van der Waals surface area contributed by atoms with Crippen molar-refractivity contribution in [2.24, 2.45) is 0 Å². The van der Waals surface area contributed by atoms with E-state index in [1.54, 1.807) is 11.9 Å². The zero-order valence-electron chi connectivity index (χ0n) is 5.04. The van der Waals surface area contributed by atoms with Gasteiger partial charge in [-0.05, 0) is 24.8 Å². The summed E-state index contributed by atoms with van der Waals surface area (Å²) in [6.45, 7) is 2.34. The van der Waals surface area contributed by atoms with Crippen LogP contribution in [0.4, 0.5) is 0 Å². The fourth-order valence-electron chi connectivity index (χ4n) is 0.890. The third-order valence-corrected chi connectivity index (χ3v) is 2.52. The summed E-state index contributed by atoms with van der Waals surface area (Å²) in [4.78, 5) is 0. The third kappa shape index (κ3) is 2.89. The quantitative estimate of drug-likeness (QED) is 0.372. The fourth-order valence-corrected chi connectivity index (χ4v) is 2.21. The molecule has 0 N–H and O–H groups in total. The standard InChI is InChI=1S/C5H9NS3/c7-5(8)9-6-3-1-2-4-6/h1-4H2,(H,7,8). The molecule has 0 aromatic carbocycles. The molecule has 0 bridgehead atoms. The van der Waals surface area contributed by atoms with Crippen LogP contribution in [-0.4, -0.2) is 20.9 Å². The van der Waals surface area contributed by atoms with Gasteiger partial charge in [0.15, 0.2) is 0 Å². The van der Waals surface area contributed by atoms with Gasteiger partial charge in [0.05, 0.1) is 0 Å². The Labute approximate surface area is 70.7 Å². The first-order valence-electron chi connectivity index (χ1n) is 2.95. The minimum Gasteiger partial charge on any atom is -0.245 e. The van der Waals surface area contributed by atoms with Gasteiger partial charge in [-0.15, -0.1) is 12.6 Å². The van der Waals surface area contributed by atoms with Crippen molar-refractivity contribution in [2.75, 3.05) is 13.1 Å². The van der Waals surface area contributed by atoms with Gasteiger partial charge in [-0.1, -0.05) is 12.2 Å². The summed E-state index contributed by atoms with van der Waals surface area (Å²) in [5.41, 5.74) is 0. The number of hydrogen-bond acceptors (Lipinski definition) is 3. The van der Waals surface area contributed by atoms with Crippen molar-refractivity contribution < 1.29 is 0 Å². The lowest BCUT2D eigenvalue weighted by Crippen LogP contribution is -2.09. The summed E-state index contributed by atoms with van der Waals surface area (Å²) in [7, 11) is 0. The van der Waals surface area contributed by atoms with Crippen molar-refractivity contribution in [3.8, 4) is 0 Å². The summed E-state index contributed by atoms with van der Waals surface area (Å²) < 4.78 is 2.99. The van der Waals surface area contributed by atoms with Crippen LogP contribution in [0.15, 0.2) is 0 Å². The molecule has 1 nitrogen and oxygen atoms in total. The Bertz CT molecular complexity index is 109. The molecule has 0 unspecified atom stereocenters. The predicted molar refractivity (Wildman–Crippen MR) is 50.0 cm³/mol. The molecular weight excluding hydrogens is 170 g/mol. The van der Waals surface area contributed by atoms with E-state index < -0.39 is 0 Å². The summed E-state index contributed by atoms with van der Waals surface area (Å²) in [5, 5.41) is 0. The molecule has 0 radical (unpaired) electrons. The van der Waals surface area contributed by atoms with E-state index in [4.69, 9.17) is 12.2 Å². The fraction of sp³-hybridized carbons (Fsp3) is 0.800. The Morgan fingerprint density at radius 2 is 2.00 bits per heavy atom. The Kier molecular flexibility index (Phi) is 3.32. The molecule has 1 saturated heterocycles. The van der Waals surface area contributed by atoms with Crippen LogP contribution in [-0.2, 0) is 0 Å². The highest BCUT2D eigenvalue weighted by molar-refractivity contribution is 8.40. The zero-order valence-corrected chi connectivity index (χ0v) is 7.57. The van der Waals surface area contributed by atoms with Crippen molar-refractivity contribution in [3.63, 3.8) is 0 Å². The van der Waals surface area contributed by atoms with Gasteiger partial charge in [-0.25, -0.2) is 4.31 Å². The molecule has 0 atom stereocenters. The monoisotopic (exact) mass is 179 g/mol. The molecule has 0 aromatic rings. The van der Waals surface area contributed by atoms with Gasteiger partial charge in [0, 0.05) is 13.1 Å². The molecular formula is C5H9NS3. The zero-order chi connectivity index (χ0) is 6.69. The molecule has 9 heavy (non-hydrogen) atoms. The SMILES string of the molecule is S=C(S)SN1CCCC1. The summed E-state index contributed by atoms with van der Waals surface area (Å²) in [5.74, 6) is 0. The Morgan fingerprint density at radius 3 is 2.44 bits per heavy atom. The van der Waals surface area contributed by atoms with Crippen molar-refractivity contribution in [2.45, 2.75) is 12.8 Å². The largest absolute Gasteiger partial charge is 0.245 e. The van der Waals surface area contributed by atoms with Crippen LogP contribution < -0.4 is 0 Å². The minimum absolute atomic E-state index is 0.733. The highest BCUT2D eigenvalue weighted by Gasteiger charge is 2.11. The lowest BCUT2D eigenvalue weighted by molar-refractivity contribution is 0.592. The Balaban J connectivity index is 2.19. The maximum atomic E-state index is 4.82. The van der Waals surface area contributed by atoms with E-state index in [-0.39, 0.29) is 0 Å². The van der Waals surface area contributed by atoms with E-state index in [1.807, 2.05) is 0 Å². The number of rotatable bonds is 1. The molecule has 52 valence electrons. The number of thiocarbonyl (C=S) groups is 1. The first kappa shape index (κ1) is 7.85. The molecule has 1 aliphatic rings. The summed E-state index contributed by atoms with van der Waals surface area (Å²) in [6, 6.07) is 0. The van der Waals surface area contributed by atoms with Gasteiger partial charge in [-0.2, -0.15) is 0 Å². The molecule has 0 aromatic heterocycles. The topological polar surface area (TPSA) is 3.24 Å². The molecule has 0 aliphatic carbocycles. The summed E-state index contributed by atoms with van der Waals surface area (Å²) in [6.07, 6.45) is 2.62. The van der Waals surface area contributed by atoms with Crippen LogP contribution in [0.2, 0.25) is 0 Å². The van der Waals surface area contributed by atoms with Crippen LogP contribution in [0.5, 0.6) is 0 Å². The van der Waals surface area contributed by atoms with Crippen LogP contribution in [0.1, 0.15) is 12.8 Å². The number of nitrogens with zero attached hydrogens (tertiary/aromatic N) is 1. The van der Waals surface area contributed by atoms with Crippen molar-refractivity contribution in [3.05, 3.63) is 0 Å². The lowest BCUT2D eigenvalue weighted by atomic mass is 10.4. The minimum atomic E-state index is 0.733. The highest BCUT2D eigenvalue weighted by Crippen LogP contribution is 2.20. The molecule has 1 aliphatic heterocycles. The predicted octanol–water partition coefficient (Wildman–Crippen LogP) is 1.95. The molecule has 0 saturated carbocycles. The van der Waals surface area contributed by atoms with E-state index in [9.17, 15) is 0 Å². The van der Waals surface area contributed by atoms with Crippen LogP contribution in [0.25, 0.3) is 0 Å². The molecule has 0 amide bonds. The van der Waals surface area contributed by atoms with E-state index in [0.717, 1.165) is 3.53 Å². The Hall–Kier alpha value is 0.750. The van der Waals surface area contributed by atoms with E-state index in [1.165, 1.54) is 25.9 Å². The first-order valence-corrected chi connectivity index (χ1v) is 4.58. The second-order valence-corrected chi connectivity index (χ2v) is 4.82. The van der Waals surface area contributed by atoms with Gasteiger partial charge >= 0.3 is 0 Å². The second-order valence-electron chi connectivity index (χ2n) is 1.99. The maximum absolute atomic E-state index is 4.82. The third-order valence-electron chi connectivity index (χ3n) is 1.27.